The highest BCUT2D eigenvalue weighted by Crippen LogP contribution is 2.27. The van der Waals surface area contributed by atoms with E-state index in [0.717, 1.165) is 39.3 Å². The molecule has 0 unspecified atom stereocenters. The highest BCUT2D eigenvalue weighted by molar-refractivity contribution is 5.75. The van der Waals surface area contributed by atoms with Crippen molar-refractivity contribution in [2.75, 3.05) is 38.0 Å². The van der Waals surface area contributed by atoms with Crippen LogP contribution in [0.4, 0.5) is 15.8 Å². The molecule has 3 nitrogen and oxygen atoms in total. The lowest BCUT2D eigenvalue weighted by atomic mass is 10.0. The summed E-state index contributed by atoms with van der Waals surface area (Å²) in [6.07, 6.45) is 4.26. The van der Waals surface area contributed by atoms with Gasteiger partial charge in [0.1, 0.15) is 12.9 Å². The third kappa shape index (κ3) is 5.18. The first-order chi connectivity index (χ1) is 16.3. The standard InChI is InChI=1S/C30H31FN3/c1-32(2)27-15-6-22(7-16-27)8-17-29-20-25(23-11-18-28(19-12-23)33(3)4)21-30(34(29)5)24-9-13-26(31)14-10-24/h6-21H,1-5H3/q+1. The summed E-state index contributed by atoms with van der Waals surface area (Å²) in [5, 5.41) is 0. The molecule has 0 bridgehead atoms. The van der Waals surface area contributed by atoms with E-state index >= 15 is 0 Å². The molecule has 172 valence electrons. The Morgan fingerprint density at radius 1 is 0.618 bits per heavy atom. The van der Waals surface area contributed by atoms with Gasteiger partial charge < -0.3 is 9.80 Å². The lowest BCUT2D eigenvalue weighted by molar-refractivity contribution is -0.662. The number of hydrogen-bond donors (Lipinski definition) is 0. The number of benzene rings is 3. The van der Waals surface area contributed by atoms with Gasteiger partial charge in [0.05, 0.1) is 0 Å². The SMILES string of the molecule is CN(C)c1ccc(C=Cc2cc(-c3ccc(N(C)C)cc3)cc(-c3ccc(F)cc3)[n+]2C)cc1. The van der Waals surface area contributed by atoms with E-state index in [-0.39, 0.29) is 5.82 Å². The zero-order valence-electron chi connectivity index (χ0n) is 20.5. The Morgan fingerprint density at radius 2 is 1.15 bits per heavy atom. The number of nitrogens with zero attached hydrogens (tertiary/aromatic N) is 3. The summed E-state index contributed by atoms with van der Waals surface area (Å²) < 4.78 is 15.7. The van der Waals surface area contributed by atoms with Gasteiger partial charge in [0.25, 0.3) is 0 Å². The maximum atomic E-state index is 13.6. The maximum Gasteiger partial charge on any atom is 0.213 e. The molecule has 0 spiro atoms. The largest absolute Gasteiger partial charge is 0.378 e. The molecule has 0 N–H and O–H groups in total. The first kappa shape index (κ1) is 23.2. The lowest BCUT2D eigenvalue weighted by Gasteiger charge is -2.13. The first-order valence-electron chi connectivity index (χ1n) is 11.3. The molecule has 1 heterocycles. The van der Waals surface area contributed by atoms with Crippen molar-refractivity contribution in [3.05, 3.63) is 102 Å². The van der Waals surface area contributed by atoms with Crippen LogP contribution in [-0.4, -0.2) is 28.2 Å². The minimum Gasteiger partial charge on any atom is -0.378 e. The van der Waals surface area contributed by atoms with Crippen LogP contribution in [0.15, 0.2) is 84.9 Å². The van der Waals surface area contributed by atoms with Crippen molar-refractivity contribution >= 4 is 23.5 Å². The highest BCUT2D eigenvalue weighted by atomic mass is 19.1. The van der Waals surface area contributed by atoms with E-state index in [4.69, 9.17) is 0 Å². The predicted molar refractivity (Wildman–Crippen MR) is 142 cm³/mol. The van der Waals surface area contributed by atoms with Crippen LogP contribution in [0.3, 0.4) is 0 Å². The van der Waals surface area contributed by atoms with E-state index in [2.05, 4.69) is 87.2 Å². The quantitative estimate of drug-likeness (QED) is 0.319. The number of pyridine rings is 1. The molecule has 3 aromatic carbocycles. The van der Waals surface area contributed by atoms with E-state index in [1.165, 1.54) is 17.8 Å². The van der Waals surface area contributed by atoms with Crippen LogP contribution in [-0.2, 0) is 7.05 Å². The second kappa shape index (κ2) is 9.92. The average molecular weight is 453 g/mol. The molecule has 0 radical (unpaired) electrons. The molecule has 0 aliphatic rings. The van der Waals surface area contributed by atoms with Crippen LogP contribution >= 0.6 is 0 Å². The van der Waals surface area contributed by atoms with Gasteiger partial charge in [0.2, 0.25) is 11.4 Å². The van der Waals surface area contributed by atoms with Crippen molar-refractivity contribution in [1.82, 2.24) is 0 Å². The Hall–Kier alpha value is -3.92. The molecular formula is C30H31FN3+. The molecule has 4 rings (SSSR count). The number of halogens is 1. The topological polar surface area (TPSA) is 10.4 Å². The molecule has 0 saturated carbocycles. The molecular weight excluding hydrogens is 421 g/mol. The fraction of sp³-hybridized carbons (Fsp3) is 0.167. The van der Waals surface area contributed by atoms with Gasteiger partial charge in [0, 0.05) is 63.3 Å². The van der Waals surface area contributed by atoms with Gasteiger partial charge in [0.15, 0.2) is 0 Å². The van der Waals surface area contributed by atoms with Gasteiger partial charge in [-0.15, -0.1) is 0 Å². The summed E-state index contributed by atoms with van der Waals surface area (Å²) >= 11 is 0. The van der Waals surface area contributed by atoms with Crippen molar-refractivity contribution < 1.29 is 8.96 Å². The number of rotatable bonds is 6. The van der Waals surface area contributed by atoms with Crippen LogP contribution < -0.4 is 14.4 Å². The Bertz CT molecular complexity index is 1290. The van der Waals surface area contributed by atoms with Crippen molar-refractivity contribution in [3.63, 3.8) is 0 Å². The summed E-state index contributed by atoms with van der Waals surface area (Å²) in [6, 6.07) is 28.1. The third-order valence-electron chi connectivity index (χ3n) is 6.06. The molecule has 0 saturated heterocycles. The Balaban J connectivity index is 1.78. The maximum absolute atomic E-state index is 13.6. The van der Waals surface area contributed by atoms with E-state index in [1.807, 2.05) is 47.4 Å². The average Bonchev–Trinajstić information content (AvgIpc) is 2.84. The smallest absolute Gasteiger partial charge is 0.213 e. The van der Waals surface area contributed by atoms with Crippen LogP contribution in [0.2, 0.25) is 0 Å². The molecule has 0 fully saturated rings. The summed E-state index contributed by atoms with van der Waals surface area (Å²) in [6.45, 7) is 0. The van der Waals surface area contributed by atoms with E-state index < -0.39 is 0 Å². The van der Waals surface area contributed by atoms with E-state index in [1.54, 1.807) is 0 Å². The van der Waals surface area contributed by atoms with E-state index in [0.29, 0.717) is 0 Å². The molecule has 0 atom stereocenters. The molecule has 4 heteroatoms. The zero-order chi connectivity index (χ0) is 24.2. The molecule has 4 aromatic rings. The zero-order valence-corrected chi connectivity index (χ0v) is 20.5. The van der Waals surface area contributed by atoms with Crippen molar-refractivity contribution in [2.24, 2.45) is 7.05 Å². The van der Waals surface area contributed by atoms with Crippen molar-refractivity contribution in [3.8, 4) is 22.4 Å². The van der Waals surface area contributed by atoms with Gasteiger partial charge in [-0.1, -0.05) is 24.3 Å². The lowest BCUT2D eigenvalue weighted by Crippen LogP contribution is -2.34. The fourth-order valence-corrected chi connectivity index (χ4v) is 3.92. The van der Waals surface area contributed by atoms with Gasteiger partial charge in [-0.25, -0.2) is 4.39 Å². The highest BCUT2D eigenvalue weighted by Gasteiger charge is 2.17. The second-order valence-electron chi connectivity index (χ2n) is 8.88. The second-order valence-corrected chi connectivity index (χ2v) is 8.88. The minimum atomic E-state index is -0.233. The van der Waals surface area contributed by atoms with Crippen LogP contribution in [0, 0.1) is 5.82 Å². The van der Waals surface area contributed by atoms with Crippen molar-refractivity contribution in [2.45, 2.75) is 0 Å². The predicted octanol–water partition coefficient (Wildman–Crippen LogP) is 6.29. The Kier molecular flexibility index (Phi) is 6.78. The normalized spacial score (nSPS) is 11.1. The molecule has 0 aliphatic carbocycles. The minimum absolute atomic E-state index is 0.233. The third-order valence-corrected chi connectivity index (χ3v) is 6.06. The Labute approximate surface area is 202 Å². The van der Waals surface area contributed by atoms with E-state index in [9.17, 15) is 4.39 Å². The van der Waals surface area contributed by atoms with Gasteiger partial charge in [-0.2, -0.15) is 4.57 Å². The summed E-state index contributed by atoms with van der Waals surface area (Å²) in [5.41, 5.74) is 8.77. The fourth-order valence-electron chi connectivity index (χ4n) is 3.92. The monoisotopic (exact) mass is 452 g/mol. The Morgan fingerprint density at radius 3 is 1.71 bits per heavy atom. The molecule has 0 aliphatic heterocycles. The molecule has 1 aromatic heterocycles. The summed E-state index contributed by atoms with van der Waals surface area (Å²) in [4.78, 5) is 4.18. The van der Waals surface area contributed by atoms with Crippen LogP contribution in [0.25, 0.3) is 34.5 Å². The van der Waals surface area contributed by atoms with Gasteiger partial charge in [-0.3, -0.25) is 0 Å². The summed E-state index contributed by atoms with van der Waals surface area (Å²) in [7, 11) is 10.2. The van der Waals surface area contributed by atoms with Crippen molar-refractivity contribution in [1.29, 1.82) is 0 Å². The van der Waals surface area contributed by atoms with Gasteiger partial charge in [-0.05, 0) is 71.3 Å². The first-order valence-corrected chi connectivity index (χ1v) is 11.3. The molecule has 0 amide bonds. The van der Waals surface area contributed by atoms with Crippen LogP contribution in [0.5, 0.6) is 0 Å². The van der Waals surface area contributed by atoms with Crippen LogP contribution in [0.1, 0.15) is 11.3 Å². The number of aromatic nitrogens is 1. The van der Waals surface area contributed by atoms with Gasteiger partial charge >= 0.3 is 0 Å². The summed E-state index contributed by atoms with van der Waals surface area (Å²) in [5.74, 6) is -0.233. The number of anilines is 2. The molecule has 34 heavy (non-hydrogen) atoms. The number of hydrogen-bond acceptors (Lipinski definition) is 2.